The first-order valence-electron chi connectivity index (χ1n) is 9.29. The van der Waals surface area contributed by atoms with Gasteiger partial charge in [0, 0.05) is 6.54 Å². The Hall–Kier alpha value is -2.79. The Morgan fingerprint density at radius 2 is 2.07 bits per heavy atom. The standard InChI is InChI=1S/C19H23N5O5/c1-28-12-4-2-3-11(7-12)5-6-20-17-14-18(22-9-21-17)24(10-23-14)19-16(27)15(26)13(8-25)29-19/h2-4,7,9-10,13,15-16,19,25-27H,5-6,8H2,1H3,(H,20,21,22). The number of nitrogens with zero attached hydrogens (tertiary/aromatic N) is 4. The lowest BCUT2D eigenvalue weighted by atomic mass is 10.1. The number of imidazole rings is 1. The molecule has 0 amide bonds. The summed E-state index contributed by atoms with van der Waals surface area (Å²) in [5, 5.41) is 32.8. The molecule has 10 heteroatoms. The summed E-state index contributed by atoms with van der Waals surface area (Å²) < 4.78 is 12.3. The van der Waals surface area contributed by atoms with Gasteiger partial charge in [0.25, 0.3) is 0 Å². The van der Waals surface area contributed by atoms with E-state index >= 15 is 0 Å². The molecule has 3 aromatic rings. The van der Waals surface area contributed by atoms with Crippen LogP contribution in [-0.4, -0.2) is 73.4 Å². The largest absolute Gasteiger partial charge is 0.497 e. The minimum Gasteiger partial charge on any atom is -0.497 e. The summed E-state index contributed by atoms with van der Waals surface area (Å²) in [5.74, 6) is 1.37. The molecule has 1 aromatic carbocycles. The normalized spacial score (nSPS) is 24.1. The first-order valence-corrected chi connectivity index (χ1v) is 9.29. The minimum atomic E-state index is -1.20. The Morgan fingerprint density at radius 3 is 2.83 bits per heavy atom. The molecule has 4 N–H and O–H groups in total. The summed E-state index contributed by atoms with van der Waals surface area (Å²) in [7, 11) is 1.64. The molecule has 1 saturated heterocycles. The topological polar surface area (TPSA) is 135 Å². The molecular formula is C19H23N5O5. The van der Waals surface area contributed by atoms with Crippen molar-refractivity contribution >= 4 is 17.0 Å². The van der Waals surface area contributed by atoms with Crippen molar-refractivity contribution in [2.24, 2.45) is 0 Å². The van der Waals surface area contributed by atoms with Crippen LogP contribution in [-0.2, 0) is 11.2 Å². The lowest BCUT2D eigenvalue weighted by Gasteiger charge is -2.16. The average Bonchev–Trinajstić information content (AvgIpc) is 3.30. The van der Waals surface area contributed by atoms with E-state index in [0.29, 0.717) is 23.5 Å². The van der Waals surface area contributed by atoms with Gasteiger partial charge in [0.1, 0.15) is 30.4 Å². The molecule has 4 rings (SSSR count). The van der Waals surface area contributed by atoms with Crippen molar-refractivity contribution in [3.63, 3.8) is 0 Å². The highest BCUT2D eigenvalue weighted by Gasteiger charge is 2.44. The summed E-state index contributed by atoms with van der Waals surface area (Å²) in [4.78, 5) is 12.9. The Bertz CT molecular complexity index is 981. The third-order valence-electron chi connectivity index (χ3n) is 4.99. The van der Waals surface area contributed by atoms with Crippen molar-refractivity contribution in [2.45, 2.75) is 31.0 Å². The predicted molar refractivity (Wildman–Crippen MR) is 104 cm³/mol. The number of hydrogen-bond donors (Lipinski definition) is 4. The highest BCUT2D eigenvalue weighted by molar-refractivity contribution is 5.82. The van der Waals surface area contributed by atoms with Gasteiger partial charge in [-0.2, -0.15) is 0 Å². The van der Waals surface area contributed by atoms with Gasteiger partial charge < -0.3 is 30.1 Å². The van der Waals surface area contributed by atoms with Gasteiger partial charge in [0.2, 0.25) is 0 Å². The fraction of sp³-hybridized carbons (Fsp3) is 0.421. The third-order valence-corrected chi connectivity index (χ3v) is 4.99. The van der Waals surface area contributed by atoms with Crippen LogP contribution in [0, 0.1) is 0 Å². The highest BCUT2D eigenvalue weighted by Crippen LogP contribution is 2.32. The van der Waals surface area contributed by atoms with Crippen LogP contribution in [0.25, 0.3) is 11.2 Å². The monoisotopic (exact) mass is 401 g/mol. The number of nitrogens with one attached hydrogen (secondary N) is 1. The molecule has 0 spiro atoms. The Labute approximate surface area is 166 Å². The molecule has 29 heavy (non-hydrogen) atoms. The van der Waals surface area contributed by atoms with Crippen molar-refractivity contribution in [1.82, 2.24) is 19.5 Å². The number of aromatic nitrogens is 4. The molecule has 1 aliphatic rings. The zero-order valence-electron chi connectivity index (χ0n) is 15.8. The molecule has 4 atom stereocenters. The van der Waals surface area contributed by atoms with E-state index in [2.05, 4.69) is 20.3 Å². The molecule has 4 unspecified atom stereocenters. The highest BCUT2D eigenvalue weighted by atomic mass is 16.6. The second-order valence-electron chi connectivity index (χ2n) is 6.80. The van der Waals surface area contributed by atoms with Crippen molar-refractivity contribution < 1.29 is 24.8 Å². The minimum absolute atomic E-state index is 0.395. The van der Waals surface area contributed by atoms with Gasteiger partial charge in [-0.1, -0.05) is 12.1 Å². The summed E-state index contributed by atoms with van der Waals surface area (Å²) in [6.45, 7) is 0.230. The van der Waals surface area contributed by atoms with Crippen LogP contribution in [0.1, 0.15) is 11.8 Å². The van der Waals surface area contributed by atoms with Crippen LogP contribution >= 0.6 is 0 Å². The zero-order chi connectivity index (χ0) is 20.4. The summed E-state index contributed by atoms with van der Waals surface area (Å²) in [6, 6.07) is 7.85. The average molecular weight is 401 g/mol. The van der Waals surface area contributed by atoms with Crippen LogP contribution in [0.15, 0.2) is 36.9 Å². The van der Waals surface area contributed by atoms with E-state index in [9.17, 15) is 15.3 Å². The summed E-state index contributed by atoms with van der Waals surface area (Å²) in [5.41, 5.74) is 2.11. The van der Waals surface area contributed by atoms with E-state index in [1.165, 1.54) is 17.2 Å². The quantitative estimate of drug-likeness (QED) is 0.435. The lowest BCUT2D eigenvalue weighted by molar-refractivity contribution is -0.0511. The summed E-state index contributed by atoms with van der Waals surface area (Å²) >= 11 is 0. The number of fused-ring (bicyclic) bond motifs is 1. The maximum absolute atomic E-state index is 10.3. The first kappa shape index (κ1) is 19.5. The molecule has 3 heterocycles. The number of methoxy groups -OCH3 is 1. The number of aliphatic hydroxyl groups excluding tert-OH is 3. The van der Waals surface area contributed by atoms with E-state index in [-0.39, 0.29) is 0 Å². The van der Waals surface area contributed by atoms with Gasteiger partial charge >= 0.3 is 0 Å². The SMILES string of the molecule is COc1cccc(CCNc2ncnc3c2ncn3C2OC(CO)C(O)C2O)c1. The Kier molecular flexibility index (Phi) is 5.58. The first-order chi connectivity index (χ1) is 14.1. The number of rotatable bonds is 7. The third kappa shape index (κ3) is 3.75. The second kappa shape index (κ2) is 8.29. The molecule has 1 aliphatic heterocycles. The van der Waals surface area contributed by atoms with E-state index in [4.69, 9.17) is 9.47 Å². The predicted octanol–water partition coefficient (Wildman–Crippen LogP) is 0.101. The van der Waals surface area contributed by atoms with E-state index in [0.717, 1.165) is 17.7 Å². The van der Waals surface area contributed by atoms with Gasteiger partial charge in [-0.25, -0.2) is 15.0 Å². The molecule has 1 fully saturated rings. The number of ether oxygens (including phenoxy) is 2. The molecule has 154 valence electrons. The lowest BCUT2D eigenvalue weighted by Crippen LogP contribution is -2.33. The number of anilines is 1. The van der Waals surface area contributed by atoms with E-state index < -0.39 is 31.1 Å². The fourth-order valence-corrected chi connectivity index (χ4v) is 3.43. The summed E-state index contributed by atoms with van der Waals surface area (Å²) in [6.07, 6.45) is -0.518. The van der Waals surface area contributed by atoms with Crippen LogP contribution in [0.5, 0.6) is 5.75 Å². The van der Waals surface area contributed by atoms with Gasteiger partial charge in [-0.3, -0.25) is 4.57 Å². The number of aliphatic hydroxyl groups is 3. The molecule has 0 saturated carbocycles. The number of hydrogen-bond acceptors (Lipinski definition) is 9. The van der Waals surface area contributed by atoms with Crippen molar-refractivity contribution in [3.8, 4) is 5.75 Å². The van der Waals surface area contributed by atoms with Crippen molar-refractivity contribution in [3.05, 3.63) is 42.5 Å². The van der Waals surface area contributed by atoms with Gasteiger partial charge in [0.05, 0.1) is 20.0 Å². The number of benzene rings is 1. The van der Waals surface area contributed by atoms with Gasteiger partial charge in [0.15, 0.2) is 23.2 Å². The van der Waals surface area contributed by atoms with Crippen LogP contribution in [0.3, 0.4) is 0 Å². The molecule has 0 aliphatic carbocycles. The van der Waals surface area contributed by atoms with Crippen LogP contribution < -0.4 is 10.1 Å². The Morgan fingerprint density at radius 1 is 1.21 bits per heavy atom. The molecular weight excluding hydrogens is 378 g/mol. The van der Waals surface area contributed by atoms with Crippen LogP contribution in [0.2, 0.25) is 0 Å². The van der Waals surface area contributed by atoms with Gasteiger partial charge in [-0.05, 0) is 24.1 Å². The van der Waals surface area contributed by atoms with Crippen molar-refractivity contribution in [1.29, 1.82) is 0 Å². The molecule has 2 aromatic heterocycles. The van der Waals surface area contributed by atoms with E-state index in [1.54, 1.807) is 7.11 Å². The zero-order valence-corrected chi connectivity index (χ0v) is 15.8. The molecule has 0 bridgehead atoms. The maximum Gasteiger partial charge on any atom is 0.167 e. The molecule has 0 radical (unpaired) electrons. The maximum atomic E-state index is 10.3. The van der Waals surface area contributed by atoms with Crippen LogP contribution in [0.4, 0.5) is 5.82 Å². The van der Waals surface area contributed by atoms with Crippen molar-refractivity contribution in [2.75, 3.05) is 25.6 Å². The smallest absolute Gasteiger partial charge is 0.167 e. The van der Waals surface area contributed by atoms with E-state index in [1.807, 2.05) is 24.3 Å². The Balaban J connectivity index is 1.50. The second-order valence-corrected chi connectivity index (χ2v) is 6.80. The van der Waals surface area contributed by atoms with Gasteiger partial charge in [-0.15, -0.1) is 0 Å². The fourth-order valence-electron chi connectivity index (χ4n) is 3.43. The molecule has 10 nitrogen and oxygen atoms in total.